The fourth-order valence-electron chi connectivity index (χ4n) is 3.11. The maximum atomic E-state index is 12.5. The number of nitrogens with one attached hydrogen (secondary N) is 2. The Bertz CT molecular complexity index is 1040. The normalized spacial score (nSPS) is 11.3. The number of amides is 1. The first kappa shape index (κ1) is 24.3. The molecule has 0 spiro atoms. The van der Waals surface area contributed by atoms with E-state index in [1.54, 1.807) is 24.3 Å². The highest BCUT2D eigenvalue weighted by atomic mass is 32.1. The Hall–Kier alpha value is -3.38. The zero-order valence-electron chi connectivity index (χ0n) is 19.0. The van der Waals surface area contributed by atoms with Crippen LogP contribution in [-0.4, -0.2) is 23.7 Å². The Kier molecular flexibility index (Phi) is 9.27. The molecule has 0 aliphatic heterocycles. The van der Waals surface area contributed by atoms with Crippen molar-refractivity contribution in [2.45, 2.75) is 39.2 Å². The number of anilines is 1. The molecule has 3 aromatic carbocycles. The van der Waals surface area contributed by atoms with Gasteiger partial charge in [0.15, 0.2) is 5.11 Å². The lowest BCUT2D eigenvalue weighted by molar-refractivity contribution is 0.0977. The van der Waals surface area contributed by atoms with E-state index in [-0.39, 0.29) is 17.1 Å². The van der Waals surface area contributed by atoms with Crippen LogP contribution in [0.15, 0.2) is 78.9 Å². The average Bonchev–Trinajstić information content (AvgIpc) is 2.83. The Morgan fingerprint density at radius 2 is 1.73 bits per heavy atom. The maximum Gasteiger partial charge on any atom is 0.257 e. The molecule has 0 bridgehead atoms. The van der Waals surface area contributed by atoms with Gasteiger partial charge in [0.1, 0.15) is 11.5 Å². The summed E-state index contributed by atoms with van der Waals surface area (Å²) in [6, 6.07) is 24.9. The largest absolute Gasteiger partial charge is 0.494 e. The van der Waals surface area contributed by atoms with Gasteiger partial charge in [-0.3, -0.25) is 10.1 Å². The Labute approximate surface area is 201 Å². The molecule has 0 aliphatic carbocycles. The molecule has 0 saturated carbocycles. The second-order valence-corrected chi connectivity index (χ2v) is 8.14. The van der Waals surface area contributed by atoms with Crippen LogP contribution in [0.1, 0.15) is 42.6 Å². The highest BCUT2D eigenvalue weighted by Gasteiger charge is 2.09. The van der Waals surface area contributed by atoms with Crippen molar-refractivity contribution in [3.8, 4) is 11.5 Å². The number of aryl methyl sites for hydroxylation is 1. The van der Waals surface area contributed by atoms with Gasteiger partial charge in [0.25, 0.3) is 5.91 Å². The molecule has 0 heterocycles. The van der Waals surface area contributed by atoms with Crippen molar-refractivity contribution in [3.05, 3.63) is 90.0 Å². The van der Waals surface area contributed by atoms with Crippen molar-refractivity contribution in [3.63, 3.8) is 0 Å². The van der Waals surface area contributed by atoms with E-state index in [2.05, 4.69) is 29.7 Å². The van der Waals surface area contributed by atoms with Crippen LogP contribution < -0.4 is 20.1 Å². The molecule has 1 unspecified atom stereocenters. The molecule has 172 valence electrons. The van der Waals surface area contributed by atoms with Gasteiger partial charge in [-0.05, 0) is 80.4 Å². The summed E-state index contributed by atoms with van der Waals surface area (Å²) in [6.07, 6.45) is 2.95. The molecule has 0 aromatic heterocycles. The second-order valence-electron chi connectivity index (χ2n) is 7.73. The Morgan fingerprint density at radius 3 is 2.45 bits per heavy atom. The molecular weight excluding hydrogens is 432 g/mol. The van der Waals surface area contributed by atoms with E-state index in [9.17, 15) is 4.79 Å². The minimum absolute atomic E-state index is 0.130. The van der Waals surface area contributed by atoms with Gasteiger partial charge >= 0.3 is 0 Å². The molecular formula is C27H30N2O3S. The topological polar surface area (TPSA) is 59.6 Å². The number of rotatable bonds is 10. The summed E-state index contributed by atoms with van der Waals surface area (Å²) in [4.78, 5) is 12.5. The molecule has 1 amide bonds. The minimum Gasteiger partial charge on any atom is -0.494 e. The zero-order chi connectivity index (χ0) is 23.5. The first-order valence-corrected chi connectivity index (χ1v) is 11.6. The van der Waals surface area contributed by atoms with Gasteiger partial charge in [-0.2, -0.15) is 0 Å². The third-order valence-corrected chi connectivity index (χ3v) is 5.27. The number of carbonyl (C=O) groups excluding carboxylic acids is 1. The summed E-state index contributed by atoms with van der Waals surface area (Å²) in [6.45, 7) is 4.69. The number of carbonyl (C=O) groups is 1. The van der Waals surface area contributed by atoms with Crippen molar-refractivity contribution in [2.24, 2.45) is 0 Å². The van der Waals surface area contributed by atoms with Gasteiger partial charge in [-0.25, -0.2) is 0 Å². The monoisotopic (exact) mass is 462 g/mol. The van der Waals surface area contributed by atoms with Crippen LogP contribution in [-0.2, 0) is 6.42 Å². The number of hydrogen-bond acceptors (Lipinski definition) is 4. The van der Waals surface area contributed by atoms with Gasteiger partial charge < -0.3 is 14.8 Å². The lowest BCUT2D eigenvalue weighted by Gasteiger charge is -2.13. The summed E-state index contributed by atoms with van der Waals surface area (Å²) >= 11 is 5.31. The third kappa shape index (κ3) is 8.24. The van der Waals surface area contributed by atoms with E-state index in [4.69, 9.17) is 21.7 Å². The zero-order valence-corrected chi connectivity index (χ0v) is 19.9. The number of benzene rings is 3. The molecule has 5 nitrogen and oxygen atoms in total. The van der Waals surface area contributed by atoms with Crippen LogP contribution in [0.5, 0.6) is 11.5 Å². The fraction of sp³-hybridized carbons (Fsp3) is 0.259. The second kappa shape index (κ2) is 12.6. The van der Waals surface area contributed by atoms with Crippen molar-refractivity contribution >= 4 is 28.9 Å². The van der Waals surface area contributed by atoms with Crippen molar-refractivity contribution in [1.82, 2.24) is 5.32 Å². The first-order valence-electron chi connectivity index (χ1n) is 11.2. The van der Waals surface area contributed by atoms with Crippen molar-refractivity contribution < 1.29 is 14.3 Å². The molecule has 33 heavy (non-hydrogen) atoms. The number of ether oxygens (including phenoxy) is 2. The summed E-state index contributed by atoms with van der Waals surface area (Å²) < 4.78 is 11.6. The van der Waals surface area contributed by atoms with Gasteiger partial charge in [0.05, 0.1) is 12.7 Å². The summed E-state index contributed by atoms with van der Waals surface area (Å²) in [5.41, 5.74) is 2.56. The molecule has 2 N–H and O–H groups in total. The molecule has 3 rings (SSSR count). The summed E-state index contributed by atoms with van der Waals surface area (Å²) in [5, 5.41) is 5.97. The summed E-state index contributed by atoms with van der Waals surface area (Å²) in [5.74, 6) is 1.21. The van der Waals surface area contributed by atoms with Crippen molar-refractivity contribution in [1.29, 1.82) is 0 Å². The molecule has 1 atom stereocenters. The smallest absolute Gasteiger partial charge is 0.257 e. The average molecular weight is 463 g/mol. The minimum atomic E-state index is -0.282. The van der Waals surface area contributed by atoms with Crippen molar-refractivity contribution in [2.75, 3.05) is 11.9 Å². The highest BCUT2D eigenvalue weighted by Crippen LogP contribution is 2.18. The van der Waals surface area contributed by atoms with Crippen LogP contribution in [0.4, 0.5) is 5.69 Å². The molecule has 0 fully saturated rings. The van der Waals surface area contributed by atoms with Crippen LogP contribution in [0.25, 0.3) is 0 Å². The quantitative estimate of drug-likeness (QED) is 0.286. The predicted molar refractivity (Wildman–Crippen MR) is 137 cm³/mol. The van der Waals surface area contributed by atoms with E-state index in [1.165, 1.54) is 5.56 Å². The third-order valence-electron chi connectivity index (χ3n) is 5.07. The van der Waals surface area contributed by atoms with Gasteiger partial charge in [0.2, 0.25) is 0 Å². The molecule has 0 saturated heterocycles. The highest BCUT2D eigenvalue weighted by molar-refractivity contribution is 7.80. The lowest BCUT2D eigenvalue weighted by atomic mass is 10.1. The maximum absolute atomic E-state index is 12.5. The van der Waals surface area contributed by atoms with Crippen LogP contribution in [0, 0.1) is 0 Å². The van der Waals surface area contributed by atoms with Crippen LogP contribution in [0.2, 0.25) is 0 Å². The van der Waals surface area contributed by atoms with Crippen LogP contribution in [0.3, 0.4) is 0 Å². The Balaban J connectivity index is 1.45. The fourth-order valence-corrected chi connectivity index (χ4v) is 3.32. The van der Waals surface area contributed by atoms with E-state index in [1.807, 2.05) is 49.4 Å². The lowest BCUT2D eigenvalue weighted by Crippen LogP contribution is -2.34. The molecule has 0 radical (unpaired) electrons. The van der Waals surface area contributed by atoms with E-state index in [0.717, 1.165) is 36.4 Å². The van der Waals surface area contributed by atoms with Gasteiger partial charge in [0, 0.05) is 17.3 Å². The molecule has 0 aliphatic rings. The Morgan fingerprint density at radius 1 is 0.970 bits per heavy atom. The number of hydrogen-bond donors (Lipinski definition) is 2. The van der Waals surface area contributed by atoms with E-state index >= 15 is 0 Å². The SMILES string of the molecule is CCC(C)Oc1ccc(C(=O)NC(=S)Nc2cccc(OCCCc3ccccc3)c2)cc1. The predicted octanol–water partition coefficient (Wildman–Crippen LogP) is 6.00. The van der Waals surface area contributed by atoms with Gasteiger partial charge in [-0.1, -0.05) is 43.3 Å². The van der Waals surface area contributed by atoms with E-state index in [0.29, 0.717) is 12.2 Å². The number of thiocarbonyl (C=S) groups is 1. The van der Waals surface area contributed by atoms with Crippen LogP contribution >= 0.6 is 12.2 Å². The molecule has 6 heteroatoms. The van der Waals surface area contributed by atoms with Gasteiger partial charge in [-0.15, -0.1) is 0 Å². The van der Waals surface area contributed by atoms with E-state index < -0.39 is 0 Å². The molecule has 3 aromatic rings. The first-order chi connectivity index (χ1) is 16.0. The standard InChI is InChI=1S/C27H30N2O3S/c1-3-20(2)32-24-16-14-22(15-17-24)26(30)29-27(33)28-23-12-7-13-25(19-23)31-18-8-11-21-9-5-4-6-10-21/h4-7,9-10,12-17,19-20H,3,8,11,18H2,1-2H3,(H2,28,29,30,33). The summed E-state index contributed by atoms with van der Waals surface area (Å²) in [7, 11) is 0.